The van der Waals surface area contributed by atoms with Gasteiger partial charge < -0.3 is 4.74 Å². The fourth-order valence-corrected chi connectivity index (χ4v) is 11.3. The van der Waals surface area contributed by atoms with E-state index in [-0.39, 0.29) is 5.92 Å². The minimum absolute atomic E-state index is 0.0651. The number of para-hydroxylation sites is 1. The number of nitrogens with zero attached hydrogens (tertiary/aromatic N) is 5. The summed E-state index contributed by atoms with van der Waals surface area (Å²) in [6.07, 6.45) is 6.24. The molecule has 2 spiro atoms. The van der Waals surface area contributed by atoms with Crippen molar-refractivity contribution >= 4 is 22.4 Å². The highest BCUT2D eigenvalue weighted by atomic mass is 16.5. The average molecular weight is 641 g/mol. The molecule has 6 heteroatoms. The van der Waals surface area contributed by atoms with Crippen LogP contribution in [0.5, 0.6) is 11.5 Å². The molecule has 2 unspecified atom stereocenters. The maximum atomic E-state index is 7.08. The summed E-state index contributed by atoms with van der Waals surface area (Å²) in [6, 6.07) is 43.3. The Balaban J connectivity index is 1.28. The number of fused-ring (bicyclic) bond motifs is 12. The van der Waals surface area contributed by atoms with Crippen molar-refractivity contribution in [3.8, 4) is 45.1 Å². The predicted octanol–water partition coefficient (Wildman–Crippen LogP) is 7.95. The lowest BCUT2D eigenvalue weighted by Gasteiger charge is -2.44. The molecular formula is C44H26N5O+3. The Labute approximate surface area is 286 Å². The summed E-state index contributed by atoms with van der Waals surface area (Å²) in [6.45, 7) is 0. The molecule has 0 amide bonds. The van der Waals surface area contributed by atoms with Crippen LogP contribution in [0.2, 0.25) is 0 Å². The number of aryl methyl sites for hydroxylation is 1. The van der Waals surface area contributed by atoms with Crippen LogP contribution < -0.4 is 18.8 Å². The largest absolute Gasteiger partial charge is 0.444 e. The number of hydrogen-bond acceptors (Lipinski definition) is 2. The van der Waals surface area contributed by atoms with Crippen molar-refractivity contribution < 1.29 is 14.1 Å². The Morgan fingerprint density at radius 2 is 1.36 bits per heavy atom. The van der Waals surface area contributed by atoms with Gasteiger partial charge in [-0.2, -0.15) is 0 Å². The number of pyridine rings is 2. The van der Waals surface area contributed by atoms with Gasteiger partial charge in [-0.3, -0.25) is 4.98 Å². The second-order valence-corrected chi connectivity index (χ2v) is 14.5. The summed E-state index contributed by atoms with van der Waals surface area (Å²) in [5.41, 5.74) is 20.1. The van der Waals surface area contributed by atoms with Crippen molar-refractivity contribution in [1.29, 1.82) is 0 Å². The first kappa shape index (κ1) is 24.7. The second-order valence-electron chi connectivity index (χ2n) is 14.5. The molecule has 6 aliphatic rings. The number of ether oxygens (including phenoxy) is 1. The van der Waals surface area contributed by atoms with Gasteiger partial charge in [0.25, 0.3) is 17.1 Å². The minimum atomic E-state index is -0.483. The van der Waals surface area contributed by atoms with Gasteiger partial charge in [-0.25, -0.2) is 4.57 Å². The first-order valence-electron chi connectivity index (χ1n) is 17.4. The number of benzene rings is 5. The van der Waals surface area contributed by atoms with Crippen LogP contribution in [0.25, 0.3) is 44.7 Å². The monoisotopic (exact) mass is 640 g/mol. The molecule has 0 saturated heterocycles. The molecular weight excluding hydrogens is 615 g/mol. The second kappa shape index (κ2) is 7.59. The van der Waals surface area contributed by atoms with Gasteiger partial charge in [-0.05, 0) is 68.8 Å². The van der Waals surface area contributed by atoms with Crippen LogP contribution in [-0.2, 0) is 12.5 Å². The van der Waals surface area contributed by atoms with Gasteiger partial charge in [0, 0.05) is 27.7 Å². The number of aromatic nitrogens is 4. The Hall–Kier alpha value is -6.37. The van der Waals surface area contributed by atoms with Gasteiger partial charge in [0.1, 0.15) is 16.2 Å². The highest BCUT2D eigenvalue weighted by Gasteiger charge is 2.74. The van der Waals surface area contributed by atoms with E-state index in [9.17, 15) is 0 Å². The molecule has 2 atom stereocenters. The van der Waals surface area contributed by atoms with Crippen LogP contribution in [-0.4, -0.2) is 9.55 Å². The maximum absolute atomic E-state index is 7.08. The van der Waals surface area contributed by atoms with Crippen molar-refractivity contribution in [2.75, 3.05) is 0 Å². The lowest BCUT2D eigenvalue weighted by atomic mass is 9.58. The minimum Gasteiger partial charge on any atom is -0.444 e. The van der Waals surface area contributed by atoms with Crippen molar-refractivity contribution in [3.63, 3.8) is 0 Å². The fourth-order valence-electron chi connectivity index (χ4n) is 11.3. The predicted molar refractivity (Wildman–Crippen MR) is 189 cm³/mol. The van der Waals surface area contributed by atoms with Crippen LogP contribution in [0, 0.1) is 0 Å². The van der Waals surface area contributed by atoms with Crippen molar-refractivity contribution in [3.05, 3.63) is 173 Å². The van der Waals surface area contributed by atoms with Crippen molar-refractivity contribution in [1.82, 2.24) is 14.3 Å². The molecule has 5 aromatic carbocycles. The average Bonchev–Trinajstić information content (AvgIpc) is 3.86. The van der Waals surface area contributed by atoms with Gasteiger partial charge in [-0.15, -0.1) is 0 Å². The van der Waals surface area contributed by atoms with Crippen LogP contribution in [0.1, 0.15) is 45.0 Å². The van der Waals surface area contributed by atoms with Crippen molar-refractivity contribution in [2.45, 2.75) is 11.3 Å². The molecule has 0 bridgehead atoms. The smallest absolute Gasteiger partial charge is 0.354 e. The summed E-state index contributed by atoms with van der Waals surface area (Å²) in [7, 11) is 2.17. The van der Waals surface area contributed by atoms with E-state index < -0.39 is 5.41 Å². The van der Waals surface area contributed by atoms with Crippen LogP contribution in [0.15, 0.2) is 134 Å². The molecule has 6 heterocycles. The number of quaternary nitrogens is 1. The summed E-state index contributed by atoms with van der Waals surface area (Å²) in [5, 5.41) is 0. The molecule has 8 aromatic rings. The molecule has 230 valence electrons. The zero-order valence-corrected chi connectivity index (χ0v) is 26.9. The summed E-state index contributed by atoms with van der Waals surface area (Å²) in [5.74, 6) is 3.00. The quantitative estimate of drug-likeness (QED) is 0.125. The fraction of sp³-hybridized carbons (Fsp3) is 0.0682. The lowest BCUT2D eigenvalue weighted by Crippen LogP contribution is -2.85. The molecule has 14 rings (SSSR count). The third-order valence-corrected chi connectivity index (χ3v) is 12.8. The summed E-state index contributed by atoms with van der Waals surface area (Å²) < 4.78 is 14.9. The van der Waals surface area contributed by atoms with E-state index in [1.807, 2.05) is 12.4 Å². The molecule has 6 nitrogen and oxygen atoms in total. The molecule has 0 N–H and O–H groups in total. The van der Waals surface area contributed by atoms with Crippen LogP contribution in [0.4, 0.5) is 11.4 Å². The van der Waals surface area contributed by atoms with Crippen LogP contribution >= 0.6 is 0 Å². The van der Waals surface area contributed by atoms with E-state index in [0.29, 0.717) is 4.70 Å². The normalized spacial score (nSPS) is 19.9. The van der Waals surface area contributed by atoms with Gasteiger partial charge in [0.2, 0.25) is 11.7 Å². The maximum Gasteiger partial charge on any atom is 0.354 e. The Morgan fingerprint density at radius 1 is 0.660 bits per heavy atom. The zero-order valence-electron chi connectivity index (χ0n) is 26.9. The van der Waals surface area contributed by atoms with E-state index in [0.717, 1.165) is 34.0 Å². The van der Waals surface area contributed by atoms with Gasteiger partial charge in [0.15, 0.2) is 17.0 Å². The molecule has 0 fully saturated rings. The number of imidazole rings is 1. The van der Waals surface area contributed by atoms with Gasteiger partial charge in [0.05, 0.1) is 29.8 Å². The Morgan fingerprint density at radius 3 is 2.22 bits per heavy atom. The third-order valence-electron chi connectivity index (χ3n) is 12.8. The molecule has 3 aromatic heterocycles. The lowest BCUT2D eigenvalue weighted by molar-refractivity contribution is -1.03. The zero-order chi connectivity index (χ0) is 32.2. The van der Waals surface area contributed by atoms with Gasteiger partial charge >= 0.3 is 5.82 Å². The van der Waals surface area contributed by atoms with Crippen molar-refractivity contribution in [2.24, 2.45) is 7.05 Å². The first-order valence-corrected chi connectivity index (χ1v) is 17.4. The molecule has 0 radical (unpaired) electrons. The number of hydrogen-bond donors (Lipinski definition) is 0. The van der Waals surface area contributed by atoms with E-state index in [1.54, 1.807) is 0 Å². The van der Waals surface area contributed by atoms with E-state index in [2.05, 4.69) is 147 Å². The first-order chi connectivity index (χ1) is 24.8. The molecule has 3 aliphatic heterocycles. The standard InChI is InChI=1S/C44H26N5O/c1-46-34-23-45-21-20-33(34)48-43(46)28-12-7-17-35-41(28)49(48)42-36(50-35)19-18-32-38(42)39-37-26(27-13-8-22-47(49)40(27)39)11-6-16-31(37)44(32)29-14-4-2-9-24(29)25-10-3-5-15-30(25)44/h2-23,39H,1H3/q+3. The van der Waals surface area contributed by atoms with E-state index in [4.69, 9.17) is 4.74 Å². The molecule has 3 aliphatic carbocycles. The van der Waals surface area contributed by atoms with E-state index in [1.165, 1.54) is 72.6 Å². The van der Waals surface area contributed by atoms with Gasteiger partial charge in [-0.1, -0.05) is 78.9 Å². The molecule has 50 heavy (non-hydrogen) atoms. The number of rotatable bonds is 0. The Kier molecular flexibility index (Phi) is 3.76. The Bertz CT molecular complexity index is 2960. The topological polar surface area (TPSA) is 34.8 Å². The molecule has 0 saturated carbocycles. The SMILES string of the molecule is Cn1c2[n+](c3ccncc31)[N+]13c4c(cccc4-2)Oc2ccc4c(c21)C1c2c(cccc2C42c4ccccc4-c4ccccc42)-c2ccc[n+]3c21. The highest BCUT2D eigenvalue weighted by molar-refractivity contribution is 5.97. The third kappa shape index (κ3) is 2.18. The van der Waals surface area contributed by atoms with Crippen LogP contribution in [0.3, 0.4) is 0 Å². The summed E-state index contributed by atoms with van der Waals surface area (Å²) >= 11 is 0. The summed E-state index contributed by atoms with van der Waals surface area (Å²) in [4.78, 5) is 4.60. The highest BCUT2D eigenvalue weighted by Crippen LogP contribution is 2.70. The van der Waals surface area contributed by atoms with E-state index >= 15 is 0 Å².